The number of amides is 4. The summed E-state index contributed by atoms with van der Waals surface area (Å²) in [6.45, 7) is 4.10. The van der Waals surface area contributed by atoms with E-state index in [1.54, 1.807) is 0 Å². The first-order chi connectivity index (χ1) is 26.4. The molecule has 8 heterocycles. The molecule has 8 rings (SSSR count). The van der Waals surface area contributed by atoms with Gasteiger partial charge in [-0.3, -0.25) is 19.2 Å². The van der Waals surface area contributed by atoms with Gasteiger partial charge in [0.2, 0.25) is 23.6 Å². The second-order valence-corrected chi connectivity index (χ2v) is 14.2. The van der Waals surface area contributed by atoms with Crippen molar-refractivity contribution in [1.82, 2.24) is 21.3 Å². The number of hydrogen-bond donors (Lipinski definition) is 11. The van der Waals surface area contributed by atoms with E-state index >= 15 is 0 Å². The van der Waals surface area contributed by atoms with Crippen LogP contribution in [0.25, 0.3) is 0 Å². The maximum atomic E-state index is 12.9. The highest BCUT2D eigenvalue weighted by Crippen LogP contribution is 2.38. The van der Waals surface area contributed by atoms with Crippen LogP contribution in [0.5, 0.6) is 0 Å². The molecule has 56 heavy (non-hydrogen) atoms. The molecule has 8 fully saturated rings. The zero-order chi connectivity index (χ0) is 41.3. The molecule has 11 N–H and O–H groups in total. The van der Waals surface area contributed by atoms with Crippen LogP contribution in [0.2, 0.25) is 0 Å². The Balaban J connectivity index is 1.71. The van der Waals surface area contributed by atoms with Crippen LogP contribution in [-0.2, 0) is 61.9 Å². The van der Waals surface area contributed by atoms with Crippen LogP contribution < -0.4 is 21.3 Å². The van der Waals surface area contributed by atoms with Gasteiger partial charge in [0, 0.05) is 27.7 Å². The minimum atomic E-state index is -2.15. The summed E-state index contributed by atoms with van der Waals surface area (Å²) in [5, 5.41) is 86.3. The molecule has 0 radical (unpaired) electrons. The molecule has 8 saturated heterocycles. The Labute approximate surface area is 318 Å². The Morgan fingerprint density at radius 1 is 0.536 bits per heavy atom. The Bertz CT molecular complexity index is 1440. The first-order valence-corrected chi connectivity index (χ1v) is 17.9. The maximum Gasteiger partial charge on any atom is 0.335 e. The van der Waals surface area contributed by atoms with E-state index in [4.69, 9.17) is 37.9 Å². The summed E-state index contributed by atoms with van der Waals surface area (Å²) in [7, 11) is 0. The summed E-state index contributed by atoms with van der Waals surface area (Å²) in [4.78, 5) is 62.8. The van der Waals surface area contributed by atoms with Gasteiger partial charge in [-0.05, 0) is 6.92 Å². The highest BCUT2D eigenvalue weighted by Gasteiger charge is 2.59. The second kappa shape index (κ2) is 18.2. The van der Waals surface area contributed by atoms with Crippen LogP contribution in [0.4, 0.5) is 0 Å². The van der Waals surface area contributed by atoms with Crippen molar-refractivity contribution in [3.8, 4) is 0 Å². The van der Waals surface area contributed by atoms with Gasteiger partial charge in [-0.1, -0.05) is 0 Å². The summed E-state index contributed by atoms with van der Waals surface area (Å²) < 4.78 is 48.3. The second-order valence-electron chi connectivity index (χ2n) is 14.2. The molecule has 318 valence electrons. The molecule has 0 aromatic heterocycles. The van der Waals surface area contributed by atoms with E-state index in [0.29, 0.717) is 0 Å². The SMILES string of the molecule is CC(=O)N[C@@H]1[C@@H](O)[C@H](C)O[C@H](O[C@@H]2[C@@H](NC(C)=O)[C@@H]3O[C@H]4[C@H](O)[C@@H](O)[C@H](O[C@H]5[C@H](O)[C@@H](CO)O[C@@H](O[C@@H]2[C@@H](CO)O3)[C@@H]5NC(C)=O)O[C@@H]4C(=O)O)[C@@H]1NC(C)=O. The number of hydrogen-bond acceptors (Lipinski definition) is 19. The average molecular weight is 811 g/mol. The molecule has 8 aliphatic heterocycles. The molecule has 0 unspecified atom stereocenters. The lowest BCUT2D eigenvalue weighted by Gasteiger charge is -2.53. The van der Waals surface area contributed by atoms with Crippen LogP contribution in [0.3, 0.4) is 0 Å². The summed E-state index contributed by atoms with van der Waals surface area (Å²) in [6.07, 6.45) is -28.2. The number of ether oxygens (including phenoxy) is 8. The van der Waals surface area contributed by atoms with E-state index in [-0.39, 0.29) is 0 Å². The zero-order valence-electron chi connectivity index (χ0n) is 30.9. The van der Waals surface area contributed by atoms with Crippen LogP contribution in [0.15, 0.2) is 0 Å². The largest absolute Gasteiger partial charge is 0.479 e. The number of rotatable bonds is 9. The Morgan fingerprint density at radius 3 is 1.61 bits per heavy atom. The summed E-state index contributed by atoms with van der Waals surface area (Å²) in [5.74, 6) is -4.49. The smallest absolute Gasteiger partial charge is 0.335 e. The molecule has 20 atom stereocenters. The Morgan fingerprint density at radius 2 is 1.04 bits per heavy atom. The van der Waals surface area contributed by atoms with Crippen LogP contribution in [0.1, 0.15) is 34.6 Å². The molecule has 0 aromatic rings. The van der Waals surface area contributed by atoms with Gasteiger partial charge in [-0.2, -0.15) is 0 Å². The molecule has 24 nitrogen and oxygen atoms in total. The van der Waals surface area contributed by atoms with Gasteiger partial charge >= 0.3 is 5.97 Å². The summed E-state index contributed by atoms with van der Waals surface area (Å²) in [5.41, 5.74) is 0. The predicted octanol–water partition coefficient (Wildman–Crippen LogP) is -7.01. The number of carbonyl (C=O) groups is 5. The lowest BCUT2D eigenvalue weighted by Crippen LogP contribution is -2.74. The van der Waals surface area contributed by atoms with Crippen molar-refractivity contribution in [2.24, 2.45) is 0 Å². The third-order valence-corrected chi connectivity index (χ3v) is 9.99. The topological polar surface area (TPSA) is 349 Å². The summed E-state index contributed by atoms with van der Waals surface area (Å²) in [6, 6.07) is -5.81. The fourth-order valence-electron chi connectivity index (χ4n) is 7.50. The van der Waals surface area contributed by atoms with Crippen molar-refractivity contribution < 1.29 is 97.6 Å². The third kappa shape index (κ3) is 9.23. The molecule has 6 bridgehead atoms. The number of aliphatic hydroxyl groups excluding tert-OH is 6. The monoisotopic (exact) mass is 810 g/mol. The van der Waals surface area contributed by atoms with Crippen LogP contribution >= 0.6 is 0 Å². The first kappa shape index (κ1) is 43.9. The van der Waals surface area contributed by atoms with Crippen molar-refractivity contribution in [3.05, 3.63) is 0 Å². The third-order valence-electron chi connectivity index (χ3n) is 9.99. The van der Waals surface area contributed by atoms with Gasteiger partial charge in [0.05, 0.1) is 25.4 Å². The fourth-order valence-corrected chi connectivity index (χ4v) is 7.50. The van der Waals surface area contributed by atoms with E-state index in [1.807, 2.05) is 0 Å². The van der Waals surface area contributed by atoms with Gasteiger partial charge in [0.1, 0.15) is 79.2 Å². The van der Waals surface area contributed by atoms with Crippen LogP contribution in [-0.4, -0.2) is 201 Å². The van der Waals surface area contributed by atoms with Crippen molar-refractivity contribution >= 4 is 29.6 Å². The number of aliphatic carboxylic acids is 1. The van der Waals surface area contributed by atoms with Crippen molar-refractivity contribution in [1.29, 1.82) is 0 Å². The molecule has 24 heteroatoms. The van der Waals surface area contributed by atoms with Crippen molar-refractivity contribution in [3.63, 3.8) is 0 Å². The molecule has 0 spiro atoms. The number of nitrogens with one attached hydrogen (secondary N) is 4. The maximum absolute atomic E-state index is 12.9. The van der Waals surface area contributed by atoms with Gasteiger partial charge in [-0.15, -0.1) is 0 Å². The fraction of sp³-hybridized carbons (Fsp3) is 0.844. The van der Waals surface area contributed by atoms with Crippen LogP contribution in [0, 0.1) is 0 Å². The minimum Gasteiger partial charge on any atom is -0.479 e. The molecule has 0 saturated carbocycles. The number of carboxylic acid groups (broad SMARTS) is 1. The zero-order valence-corrected chi connectivity index (χ0v) is 30.9. The molecular formula is C32H50N4O20. The number of aliphatic hydroxyl groups is 6. The number of carboxylic acids is 1. The van der Waals surface area contributed by atoms with Gasteiger partial charge in [0.25, 0.3) is 0 Å². The lowest BCUT2D eigenvalue weighted by molar-refractivity contribution is -0.391. The van der Waals surface area contributed by atoms with Crippen molar-refractivity contribution in [2.45, 2.75) is 157 Å². The molecular weight excluding hydrogens is 760 g/mol. The Kier molecular flexibility index (Phi) is 14.2. The molecule has 0 aliphatic carbocycles. The van der Waals surface area contributed by atoms with E-state index in [1.165, 1.54) is 13.8 Å². The molecule has 8 aliphatic rings. The highest BCUT2D eigenvalue weighted by atomic mass is 16.8. The predicted molar refractivity (Wildman–Crippen MR) is 176 cm³/mol. The van der Waals surface area contributed by atoms with E-state index in [2.05, 4.69) is 21.3 Å². The first-order valence-electron chi connectivity index (χ1n) is 17.9. The number of carbonyl (C=O) groups excluding carboxylic acids is 4. The van der Waals surface area contributed by atoms with E-state index < -0.39 is 165 Å². The quantitative estimate of drug-likeness (QED) is 0.103. The lowest BCUT2D eigenvalue weighted by atomic mass is 9.91. The minimum absolute atomic E-state index is 0.600. The standard InChI is InChI=1S/C32H50N4O20/c1-8-19(43)15(33-9(2)39)16(34-10(3)40)29(49-8)54-25-18(36-12(5)42)31-51-14(7-38)23(25)52-30-17(35-11(4)41)24(20(44)13(6-37)50-30)53-32-22(46)21(45)26(55-31)27(56-32)28(47)48/h8,13-27,29-32,37-38,43-46H,6-7H2,1-5H3,(H,33,39)(H,34,40)(H,35,41)(H,36,42)(H,47,48)/t8-,13+,14+,15-,16+,17+,18+,19-,20+,21+,22+,23+,24+,25+,26-,27-,29+,30-,31-,32+/m0/s1. The summed E-state index contributed by atoms with van der Waals surface area (Å²) >= 11 is 0. The van der Waals surface area contributed by atoms with Gasteiger partial charge in [-0.25, -0.2) is 4.79 Å². The molecule has 0 aromatic carbocycles. The van der Waals surface area contributed by atoms with Crippen molar-refractivity contribution in [2.75, 3.05) is 13.2 Å². The van der Waals surface area contributed by atoms with E-state index in [0.717, 1.165) is 20.8 Å². The Hall–Kier alpha value is -3.21. The van der Waals surface area contributed by atoms with Gasteiger partial charge < -0.3 is 94.9 Å². The van der Waals surface area contributed by atoms with E-state index in [9.17, 15) is 59.7 Å². The normalized spacial score (nSPS) is 45.2. The molecule has 4 amide bonds. The van der Waals surface area contributed by atoms with Gasteiger partial charge in [0.15, 0.2) is 31.3 Å². The average Bonchev–Trinajstić information content (AvgIpc) is 3.11. The highest BCUT2D eigenvalue weighted by molar-refractivity contribution is 5.75.